The van der Waals surface area contributed by atoms with E-state index in [0.717, 1.165) is 0 Å². The average molecular weight is 138 g/mol. The Hall–Kier alpha value is -0.815. The van der Waals surface area contributed by atoms with E-state index < -0.39 is 0 Å². The molecule has 0 heterocycles. The second-order valence-electron chi connectivity index (χ2n) is 0.0816. The SMILES string of the molecule is F.F.F.F.O=NO.[B]. The van der Waals surface area contributed by atoms with Gasteiger partial charge in [0.05, 0.1) is 0 Å². The summed E-state index contributed by atoms with van der Waals surface area (Å²) in [7, 11) is 0. The van der Waals surface area contributed by atoms with Crippen LogP contribution in [0.2, 0.25) is 0 Å². The zero-order chi connectivity index (χ0) is 2.71. The topological polar surface area (TPSA) is 49.7 Å². The van der Waals surface area contributed by atoms with Gasteiger partial charge in [0.15, 0.2) is 5.34 Å². The molecule has 0 aromatic rings. The zero-order valence-corrected chi connectivity index (χ0v) is 3.51. The van der Waals surface area contributed by atoms with Gasteiger partial charge in [-0.05, 0) is 0 Å². The molecule has 0 rings (SSSR count). The molecule has 8 heteroatoms. The predicted molar refractivity (Wildman–Crippen MR) is 23.3 cm³/mol. The molecule has 0 aliphatic heterocycles. The molecule has 0 aliphatic carbocycles. The van der Waals surface area contributed by atoms with Crippen molar-refractivity contribution in [1.82, 2.24) is 0 Å². The van der Waals surface area contributed by atoms with Gasteiger partial charge in [-0.15, -0.1) is 4.91 Å². The van der Waals surface area contributed by atoms with Crippen LogP contribution >= 0.6 is 0 Å². The summed E-state index contributed by atoms with van der Waals surface area (Å²) in [6, 6.07) is 0. The first-order valence-corrected chi connectivity index (χ1v) is 0.383. The van der Waals surface area contributed by atoms with Crippen molar-refractivity contribution < 1.29 is 24.0 Å². The highest BCUT2D eigenvalue weighted by Crippen LogP contribution is 1.25. The minimum Gasteiger partial charge on any atom is -0.379 e. The van der Waals surface area contributed by atoms with E-state index in [0.29, 0.717) is 0 Å². The monoisotopic (exact) mass is 138 g/mol. The third-order valence-corrected chi connectivity index (χ3v) is 0. The quantitative estimate of drug-likeness (QED) is 0.227. The van der Waals surface area contributed by atoms with Crippen LogP contribution in [0.4, 0.5) is 18.8 Å². The molecule has 0 aromatic heterocycles. The van der Waals surface area contributed by atoms with E-state index in [9.17, 15) is 0 Å². The minimum atomic E-state index is 0. The Balaban J connectivity index is -0.00000000200. The molecular formula is H5BF4NO2. The molecule has 0 saturated heterocycles. The van der Waals surface area contributed by atoms with Crippen molar-refractivity contribution in [3.8, 4) is 0 Å². The Kier molecular flexibility index (Phi) is 119000. The summed E-state index contributed by atoms with van der Waals surface area (Å²) < 4.78 is 0. The van der Waals surface area contributed by atoms with Crippen LogP contribution in [-0.4, -0.2) is 13.6 Å². The van der Waals surface area contributed by atoms with Gasteiger partial charge in [-0.1, -0.05) is 0 Å². The molecule has 0 aliphatic rings. The lowest BCUT2D eigenvalue weighted by atomic mass is 10.8. The summed E-state index contributed by atoms with van der Waals surface area (Å²) in [6.45, 7) is 0. The fourth-order valence-corrected chi connectivity index (χ4v) is 0. The summed E-state index contributed by atoms with van der Waals surface area (Å²) in [5.74, 6) is 0. The molecule has 8 heavy (non-hydrogen) atoms. The van der Waals surface area contributed by atoms with Crippen molar-refractivity contribution in [3.63, 3.8) is 0 Å². The highest BCUT2D eigenvalue weighted by atomic mass is 19.0. The molecule has 53 valence electrons. The number of nitrogens with zero attached hydrogens (tertiary/aromatic N) is 1. The van der Waals surface area contributed by atoms with E-state index in [1.807, 2.05) is 0 Å². The first kappa shape index (κ1) is 196. The average Bonchev–Trinajstić information content (AvgIpc) is 0.918. The van der Waals surface area contributed by atoms with E-state index in [1.54, 1.807) is 0 Å². The molecule has 0 saturated carbocycles. The molecule has 0 fully saturated rings. The smallest absolute Gasteiger partial charge is 0.152 e. The van der Waals surface area contributed by atoms with Gasteiger partial charge in [-0.3, -0.25) is 18.8 Å². The summed E-state index contributed by atoms with van der Waals surface area (Å²) >= 11 is 0. The van der Waals surface area contributed by atoms with Gasteiger partial charge in [-0.2, -0.15) is 0 Å². The van der Waals surface area contributed by atoms with E-state index >= 15 is 0 Å². The number of rotatable bonds is 0. The van der Waals surface area contributed by atoms with E-state index in [1.165, 1.54) is 5.34 Å². The maximum absolute atomic E-state index is 8.11. The third-order valence-electron chi connectivity index (χ3n) is 0. The van der Waals surface area contributed by atoms with Gasteiger partial charge in [-0.25, -0.2) is 0 Å². The predicted octanol–water partition coefficient (Wildman–Crippen LogP) is 0.371. The third kappa shape index (κ3) is 137. The molecule has 0 unspecified atom stereocenters. The Bertz CT molecular complexity index is 21.5. The number of hydrogen-bond acceptors (Lipinski definition) is 2. The molecule has 1 N–H and O–H groups in total. The van der Waals surface area contributed by atoms with Crippen LogP contribution in [0.3, 0.4) is 0 Å². The molecule has 0 amide bonds. The molecule has 0 atom stereocenters. The minimum absolute atomic E-state index is 0. The first-order chi connectivity index (χ1) is 1.41. The van der Waals surface area contributed by atoms with Crippen molar-refractivity contribution in [2.45, 2.75) is 0 Å². The fourth-order valence-electron chi connectivity index (χ4n) is 0. The van der Waals surface area contributed by atoms with Crippen molar-refractivity contribution in [2.24, 2.45) is 5.34 Å². The van der Waals surface area contributed by atoms with Crippen LogP contribution in [0, 0.1) is 4.91 Å². The largest absolute Gasteiger partial charge is 0.379 e. The lowest BCUT2D eigenvalue weighted by Crippen LogP contribution is -1.25. The maximum atomic E-state index is 8.11. The van der Waals surface area contributed by atoms with Crippen LogP contribution in [-0.2, 0) is 0 Å². The zero-order valence-electron chi connectivity index (χ0n) is 3.51. The summed E-state index contributed by atoms with van der Waals surface area (Å²) in [6.07, 6.45) is 0. The lowest BCUT2D eigenvalue weighted by molar-refractivity contribution is 0.312. The first-order valence-electron chi connectivity index (χ1n) is 0.383. The second-order valence-corrected chi connectivity index (χ2v) is 0.0816. The van der Waals surface area contributed by atoms with E-state index in [2.05, 4.69) is 0 Å². The number of hydrogen-bond donors (Lipinski definition) is 1. The molecule has 3 radical (unpaired) electrons. The van der Waals surface area contributed by atoms with Gasteiger partial charge >= 0.3 is 0 Å². The Morgan fingerprint density at radius 1 is 1.00 bits per heavy atom. The summed E-state index contributed by atoms with van der Waals surface area (Å²) in [5.41, 5.74) is 0. The van der Waals surface area contributed by atoms with Crippen LogP contribution in [0.1, 0.15) is 0 Å². The highest BCUT2D eigenvalue weighted by Gasteiger charge is 1.18. The van der Waals surface area contributed by atoms with Crippen molar-refractivity contribution in [1.29, 1.82) is 0 Å². The Morgan fingerprint density at radius 3 is 1.00 bits per heavy atom. The van der Waals surface area contributed by atoms with Gasteiger partial charge < -0.3 is 5.21 Å². The number of halogens is 4. The van der Waals surface area contributed by atoms with Crippen molar-refractivity contribution in [3.05, 3.63) is 4.91 Å². The highest BCUT2D eigenvalue weighted by molar-refractivity contribution is 5.75. The van der Waals surface area contributed by atoms with Crippen molar-refractivity contribution in [2.75, 3.05) is 0 Å². The molecule has 0 aromatic carbocycles. The molecular weight excluding hydrogens is 133 g/mol. The van der Waals surface area contributed by atoms with Gasteiger partial charge in [0, 0.05) is 8.41 Å². The van der Waals surface area contributed by atoms with Gasteiger partial charge in [0.2, 0.25) is 0 Å². The summed E-state index contributed by atoms with van der Waals surface area (Å²) in [5, 5.41) is 7.89. The fraction of sp³-hybridized carbons (Fsp3) is 0. The molecule has 0 bridgehead atoms. The normalized spacial score (nSPS) is 1.50. The lowest BCUT2D eigenvalue weighted by Gasteiger charge is -1.32. The van der Waals surface area contributed by atoms with E-state index in [-0.39, 0.29) is 27.2 Å². The Morgan fingerprint density at radius 2 is 1.00 bits per heavy atom. The Labute approximate surface area is 44.1 Å². The standard InChI is InChI=1S/B.4FH.HNO2/c;;;;;2-1-3/h;4*1H;(H,2,3). The van der Waals surface area contributed by atoms with Crippen LogP contribution < -0.4 is 0 Å². The second kappa shape index (κ2) is 4860. The maximum Gasteiger partial charge on any atom is 0.152 e. The van der Waals surface area contributed by atoms with E-state index in [4.69, 9.17) is 10.1 Å². The summed E-state index contributed by atoms with van der Waals surface area (Å²) in [4.78, 5) is 8.11. The van der Waals surface area contributed by atoms with Crippen LogP contribution in [0.5, 0.6) is 0 Å². The molecule has 0 spiro atoms. The van der Waals surface area contributed by atoms with Gasteiger partial charge in [0.25, 0.3) is 0 Å². The van der Waals surface area contributed by atoms with Crippen LogP contribution in [0.25, 0.3) is 0 Å². The van der Waals surface area contributed by atoms with Gasteiger partial charge in [0.1, 0.15) is 0 Å². The molecule has 3 nitrogen and oxygen atoms in total. The van der Waals surface area contributed by atoms with Crippen molar-refractivity contribution >= 4 is 8.41 Å². The van der Waals surface area contributed by atoms with Crippen LogP contribution in [0.15, 0.2) is 5.34 Å².